The van der Waals surface area contributed by atoms with Crippen molar-refractivity contribution in [3.63, 3.8) is 0 Å². The van der Waals surface area contributed by atoms with E-state index in [0.29, 0.717) is 17.0 Å². The third-order valence-corrected chi connectivity index (χ3v) is 8.83. The minimum atomic E-state index is -3.22. The summed E-state index contributed by atoms with van der Waals surface area (Å²) >= 11 is 0. The van der Waals surface area contributed by atoms with Crippen molar-refractivity contribution >= 4 is 27.1 Å². The van der Waals surface area contributed by atoms with E-state index in [0.717, 1.165) is 23.1 Å². The molecule has 35 heavy (non-hydrogen) atoms. The second-order valence-electron chi connectivity index (χ2n) is 9.74. The summed E-state index contributed by atoms with van der Waals surface area (Å²) in [6, 6.07) is 21.4. The number of hydrogen-bond acceptors (Lipinski definition) is 4. The van der Waals surface area contributed by atoms with Crippen LogP contribution in [0, 0.1) is 0 Å². The summed E-state index contributed by atoms with van der Waals surface area (Å²) in [4.78, 5) is 15.2. The Morgan fingerprint density at radius 1 is 0.857 bits per heavy atom. The molecule has 6 heteroatoms. The van der Waals surface area contributed by atoms with E-state index in [2.05, 4.69) is 35.5 Å². The van der Waals surface area contributed by atoms with Crippen LogP contribution in [0.15, 0.2) is 71.6 Å². The maximum Gasteiger partial charge on any atom is 0.251 e. The molecule has 5 nitrogen and oxygen atoms in total. The van der Waals surface area contributed by atoms with Crippen LogP contribution in [0.25, 0.3) is 0 Å². The zero-order chi connectivity index (χ0) is 24.6. The van der Waals surface area contributed by atoms with Gasteiger partial charge < -0.3 is 10.2 Å². The zero-order valence-electron chi connectivity index (χ0n) is 20.3. The van der Waals surface area contributed by atoms with Crippen LogP contribution in [0.3, 0.4) is 0 Å². The molecule has 5 rings (SSSR count). The molecule has 182 valence electrons. The molecule has 3 aromatic carbocycles. The van der Waals surface area contributed by atoms with Crippen LogP contribution in [-0.4, -0.2) is 27.1 Å². The lowest BCUT2D eigenvalue weighted by molar-refractivity contribution is 0.0951. The number of sulfone groups is 1. The zero-order valence-corrected chi connectivity index (χ0v) is 21.1. The molecule has 1 amide bonds. The number of amides is 1. The van der Waals surface area contributed by atoms with Crippen molar-refractivity contribution < 1.29 is 13.2 Å². The van der Waals surface area contributed by atoms with Crippen molar-refractivity contribution in [2.75, 3.05) is 17.7 Å². The highest BCUT2D eigenvalue weighted by atomic mass is 32.2. The van der Waals surface area contributed by atoms with Gasteiger partial charge in [0.15, 0.2) is 9.84 Å². The van der Waals surface area contributed by atoms with Gasteiger partial charge in [-0.15, -0.1) is 0 Å². The summed E-state index contributed by atoms with van der Waals surface area (Å²) in [5, 5.41) is 2.92. The van der Waals surface area contributed by atoms with Crippen molar-refractivity contribution in [2.24, 2.45) is 0 Å². The number of rotatable bonds is 9. The molecule has 2 fully saturated rings. The molecular formula is C29H32N2O3S. The summed E-state index contributed by atoms with van der Waals surface area (Å²) in [5.41, 5.74) is 6.63. The normalized spacial score (nSPS) is 15.6. The number of anilines is 2. The summed E-state index contributed by atoms with van der Waals surface area (Å²) in [6.45, 7) is 1.97. The quantitative estimate of drug-likeness (QED) is 0.405. The predicted octanol–water partition coefficient (Wildman–Crippen LogP) is 5.93. The molecule has 0 aliphatic heterocycles. The van der Waals surface area contributed by atoms with Gasteiger partial charge in [0.1, 0.15) is 0 Å². The predicted molar refractivity (Wildman–Crippen MR) is 140 cm³/mol. The van der Waals surface area contributed by atoms with Crippen LogP contribution >= 0.6 is 0 Å². The van der Waals surface area contributed by atoms with Crippen LogP contribution in [0.1, 0.15) is 71.5 Å². The molecule has 0 heterocycles. The fraction of sp³-hybridized carbons (Fsp3) is 0.345. The van der Waals surface area contributed by atoms with Crippen molar-refractivity contribution in [2.45, 2.75) is 55.9 Å². The summed E-state index contributed by atoms with van der Waals surface area (Å²) in [6.07, 6.45) is 5.18. The van der Waals surface area contributed by atoms with Gasteiger partial charge in [0.25, 0.3) is 5.91 Å². The second kappa shape index (κ2) is 9.50. The Hall–Kier alpha value is -3.12. The molecule has 1 N–H and O–H groups in total. The van der Waals surface area contributed by atoms with Gasteiger partial charge in [0.05, 0.1) is 10.6 Å². The molecule has 0 bridgehead atoms. The average Bonchev–Trinajstić information content (AvgIpc) is 3.79. The van der Waals surface area contributed by atoms with E-state index in [9.17, 15) is 13.2 Å². The van der Waals surface area contributed by atoms with Crippen LogP contribution in [0.5, 0.6) is 0 Å². The molecule has 2 aliphatic rings. The molecule has 0 spiro atoms. The Balaban J connectivity index is 1.24. The van der Waals surface area contributed by atoms with Gasteiger partial charge in [0, 0.05) is 30.5 Å². The Bertz CT molecular complexity index is 1290. The number of benzene rings is 3. The molecule has 0 atom stereocenters. The fourth-order valence-corrected chi connectivity index (χ4v) is 5.29. The van der Waals surface area contributed by atoms with Crippen molar-refractivity contribution in [1.29, 1.82) is 0 Å². The Morgan fingerprint density at radius 3 is 1.94 bits per heavy atom. The van der Waals surface area contributed by atoms with Gasteiger partial charge >= 0.3 is 0 Å². The molecule has 0 radical (unpaired) electrons. The maximum atomic E-state index is 12.7. The number of carbonyl (C=O) groups excluding carboxylic acids is 1. The van der Waals surface area contributed by atoms with Crippen molar-refractivity contribution in [1.82, 2.24) is 5.32 Å². The molecular weight excluding hydrogens is 456 g/mol. The largest absolute Gasteiger partial charge is 0.348 e. The van der Waals surface area contributed by atoms with Crippen LogP contribution in [0.4, 0.5) is 11.4 Å². The first kappa shape index (κ1) is 23.6. The van der Waals surface area contributed by atoms with Gasteiger partial charge in [-0.3, -0.25) is 4.79 Å². The first-order chi connectivity index (χ1) is 16.8. The van der Waals surface area contributed by atoms with Crippen LogP contribution in [0.2, 0.25) is 0 Å². The smallest absolute Gasteiger partial charge is 0.251 e. The summed E-state index contributed by atoms with van der Waals surface area (Å²) < 4.78 is 23.9. The number of nitrogens with one attached hydrogen (secondary N) is 1. The first-order valence-electron chi connectivity index (χ1n) is 12.4. The number of carbonyl (C=O) groups is 1. The van der Waals surface area contributed by atoms with Crippen LogP contribution < -0.4 is 10.2 Å². The fourth-order valence-electron chi connectivity index (χ4n) is 4.41. The Kier molecular flexibility index (Phi) is 6.41. The molecule has 3 aromatic rings. The van der Waals surface area contributed by atoms with Crippen molar-refractivity contribution in [3.8, 4) is 0 Å². The van der Waals surface area contributed by atoms with Gasteiger partial charge in [0.2, 0.25) is 0 Å². The first-order valence-corrected chi connectivity index (χ1v) is 14.1. The third-order valence-electron chi connectivity index (χ3n) is 7.08. The highest BCUT2D eigenvalue weighted by molar-refractivity contribution is 7.91. The Labute approximate surface area is 208 Å². The number of hydrogen-bond donors (Lipinski definition) is 1. The minimum Gasteiger partial charge on any atom is -0.348 e. The lowest BCUT2D eigenvalue weighted by atomic mass is 10.0. The minimum absolute atomic E-state index is 0.0713. The average molecular weight is 489 g/mol. The SMILES string of the molecule is CCS(=O)(=O)c1ccc(CNC(=O)c2ccc(N(C)c3cc(C4CC4)cc(C4CC4)c3)cc2)cc1. The molecule has 0 aromatic heterocycles. The monoisotopic (exact) mass is 488 g/mol. The summed E-state index contributed by atoms with van der Waals surface area (Å²) in [5.74, 6) is 1.36. The molecule has 2 aliphatic carbocycles. The van der Waals surface area contributed by atoms with Gasteiger partial charge in [-0.25, -0.2) is 8.42 Å². The molecule has 0 unspecified atom stereocenters. The highest BCUT2D eigenvalue weighted by Crippen LogP contribution is 2.46. The third kappa shape index (κ3) is 5.43. The van der Waals surface area contributed by atoms with E-state index in [1.54, 1.807) is 31.2 Å². The van der Waals surface area contributed by atoms with Gasteiger partial charge in [-0.1, -0.05) is 25.1 Å². The highest BCUT2D eigenvalue weighted by Gasteiger charge is 2.29. The maximum absolute atomic E-state index is 12.7. The van der Waals surface area contributed by atoms with E-state index in [4.69, 9.17) is 0 Å². The van der Waals surface area contributed by atoms with E-state index in [-0.39, 0.29) is 11.7 Å². The van der Waals surface area contributed by atoms with Crippen LogP contribution in [-0.2, 0) is 16.4 Å². The topological polar surface area (TPSA) is 66.5 Å². The molecule has 2 saturated carbocycles. The van der Waals surface area contributed by atoms with E-state index in [1.165, 1.54) is 42.5 Å². The lowest BCUT2D eigenvalue weighted by Crippen LogP contribution is -2.22. The lowest BCUT2D eigenvalue weighted by Gasteiger charge is -2.22. The van der Waals surface area contributed by atoms with E-state index < -0.39 is 9.84 Å². The molecule has 0 saturated heterocycles. The van der Waals surface area contributed by atoms with Gasteiger partial charge in [-0.2, -0.15) is 0 Å². The standard InChI is InChI=1S/C29H32N2O3S/c1-3-35(33,34)28-14-4-20(5-15-28)19-30-29(32)23-10-12-26(13-11-23)31(2)27-17-24(21-6-7-21)16-25(18-27)22-8-9-22/h4-5,10-18,21-22H,3,6-9,19H2,1-2H3,(H,30,32). The second-order valence-corrected chi connectivity index (χ2v) is 12.0. The van der Waals surface area contributed by atoms with E-state index >= 15 is 0 Å². The van der Waals surface area contributed by atoms with E-state index in [1.807, 2.05) is 24.3 Å². The Morgan fingerprint density at radius 2 is 1.43 bits per heavy atom. The summed E-state index contributed by atoms with van der Waals surface area (Å²) in [7, 11) is -1.14. The van der Waals surface area contributed by atoms with Gasteiger partial charge in [-0.05, 0) is 103 Å². The number of nitrogens with zero attached hydrogens (tertiary/aromatic N) is 1. The van der Waals surface area contributed by atoms with Crippen molar-refractivity contribution in [3.05, 3.63) is 89.0 Å².